The van der Waals surface area contributed by atoms with Gasteiger partial charge in [0, 0.05) is 51.4 Å². The summed E-state index contributed by atoms with van der Waals surface area (Å²) in [7, 11) is 0. The van der Waals surface area contributed by atoms with Gasteiger partial charge < -0.3 is 25.4 Å². The fourth-order valence-corrected chi connectivity index (χ4v) is 2.82. The second kappa shape index (κ2) is 15.2. The lowest BCUT2D eigenvalue weighted by Crippen LogP contribution is -2.39. The highest BCUT2D eigenvalue weighted by atomic mass is 127. The van der Waals surface area contributed by atoms with E-state index in [1.807, 2.05) is 6.92 Å². The van der Waals surface area contributed by atoms with Crippen LogP contribution < -0.4 is 16.0 Å². The standard InChI is InChI=1S/C19H31N5O4.HI/c1-2-20-19(22-9-5-12-27-14-16-8-13-28-15-16)23-11-10-21-17-6-3-4-7-18(17)24(25)26;/h3-4,6-7,16,21H,2,5,8-15H2,1H3,(H2,20,22,23);1H. The third-order valence-corrected chi connectivity index (χ3v) is 4.27. The molecule has 1 heterocycles. The van der Waals surface area contributed by atoms with Crippen molar-refractivity contribution in [1.29, 1.82) is 0 Å². The number of nitro benzene ring substituents is 1. The highest BCUT2D eigenvalue weighted by molar-refractivity contribution is 14.0. The number of aliphatic imine (C=N–C) groups is 1. The average Bonchev–Trinajstić information content (AvgIpc) is 3.21. The van der Waals surface area contributed by atoms with E-state index in [1.165, 1.54) is 6.07 Å². The molecule has 0 radical (unpaired) electrons. The predicted octanol–water partition coefficient (Wildman–Crippen LogP) is 2.62. The van der Waals surface area contributed by atoms with Gasteiger partial charge >= 0.3 is 0 Å². The molecule has 164 valence electrons. The summed E-state index contributed by atoms with van der Waals surface area (Å²) in [5, 5.41) is 20.5. The first-order valence-corrected chi connectivity index (χ1v) is 9.85. The van der Waals surface area contributed by atoms with E-state index >= 15 is 0 Å². The Morgan fingerprint density at radius 3 is 2.90 bits per heavy atom. The quantitative estimate of drug-likeness (QED) is 0.0969. The van der Waals surface area contributed by atoms with Crippen LogP contribution in [0.25, 0.3) is 0 Å². The second-order valence-corrected chi connectivity index (χ2v) is 6.55. The molecule has 0 aliphatic carbocycles. The first kappa shape index (κ1) is 25.4. The van der Waals surface area contributed by atoms with Crippen molar-refractivity contribution in [3.63, 3.8) is 0 Å². The van der Waals surface area contributed by atoms with Gasteiger partial charge in [0.1, 0.15) is 5.69 Å². The third-order valence-electron chi connectivity index (χ3n) is 4.27. The maximum Gasteiger partial charge on any atom is 0.292 e. The molecular weight excluding hydrogens is 489 g/mol. The third kappa shape index (κ3) is 10.1. The monoisotopic (exact) mass is 521 g/mol. The van der Waals surface area contributed by atoms with Gasteiger partial charge in [-0.3, -0.25) is 15.1 Å². The zero-order valence-electron chi connectivity index (χ0n) is 16.9. The van der Waals surface area contributed by atoms with E-state index in [4.69, 9.17) is 9.47 Å². The molecular formula is C19H32IN5O4. The molecule has 1 fully saturated rings. The minimum atomic E-state index is -0.386. The number of rotatable bonds is 12. The topological polar surface area (TPSA) is 110 Å². The number of guanidine groups is 1. The van der Waals surface area contributed by atoms with E-state index in [2.05, 4.69) is 20.9 Å². The minimum Gasteiger partial charge on any atom is -0.381 e. The maximum atomic E-state index is 11.0. The van der Waals surface area contributed by atoms with Crippen LogP contribution in [0.1, 0.15) is 19.8 Å². The summed E-state index contributed by atoms with van der Waals surface area (Å²) in [6, 6.07) is 6.62. The highest BCUT2D eigenvalue weighted by Crippen LogP contribution is 2.22. The molecule has 9 nitrogen and oxygen atoms in total. The Hall–Kier alpha value is -1.66. The Bertz CT molecular complexity index is 626. The van der Waals surface area contributed by atoms with Crippen LogP contribution >= 0.6 is 24.0 Å². The van der Waals surface area contributed by atoms with Crippen LogP contribution in [-0.4, -0.2) is 63.5 Å². The van der Waals surface area contributed by atoms with Crippen LogP contribution in [0.5, 0.6) is 0 Å². The van der Waals surface area contributed by atoms with Crippen molar-refractivity contribution >= 4 is 41.3 Å². The van der Waals surface area contributed by atoms with Crippen molar-refractivity contribution in [3.8, 4) is 0 Å². The van der Waals surface area contributed by atoms with Crippen molar-refractivity contribution in [1.82, 2.24) is 10.6 Å². The van der Waals surface area contributed by atoms with Crippen molar-refractivity contribution in [3.05, 3.63) is 34.4 Å². The fraction of sp³-hybridized carbons (Fsp3) is 0.632. The number of nitrogens with zero attached hydrogens (tertiary/aromatic N) is 2. The van der Waals surface area contributed by atoms with E-state index < -0.39 is 0 Å². The molecule has 10 heteroatoms. The minimum absolute atomic E-state index is 0. The van der Waals surface area contributed by atoms with Crippen molar-refractivity contribution in [2.45, 2.75) is 19.8 Å². The zero-order chi connectivity index (χ0) is 20.0. The summed E-state index contributed by atoms with van der Waals surface area (Å²) in [5.41, 5.74) is 0.591. The Morgan fingerprint density at radius 2 is 2.17 bits per heavy atom. The van der Waals surface area contributed by atoms with Gasteiger partial charge in [-0.15, -0.1) is 24.0 Å². The average molecular weight is 521 g/mol. The van der Waals surface area contributed by atoms with Crippen LogP contribution in [0.3, 0.4) is 0 Å². The molecule has 0 saturated carbocycles. The van der Waals surface area contributed by atoms with E-state index in [0.717, 1.165) is 45.2 Å². The Labute approximate surface area is 189 Å². The van der Waals surface area contributed by atoms with Crippen molar-refractivity contribution < 1.29 is 14.4 Å². The molecule has 1 aliphatic rings. The van der Waals surface area contributed by atoms with Gasteiger partial charge in [0.25, 0.3) is 5.69 Å². The van der Waals surface area contributed by atoms with E-state index in [0.29, 0.717) is 37.8 Å². The fourth-order valence-electron chi connectivity index (χ4n) is 2.82. The van der Waals surface area contributed by atoms with Gasteiger partial charge in [0.15, 0.2) is 5.96 Å². The summed E-state index contributed by atoms with van der Waals surface area (Å²) in [6.45, 7) is 7.70. The summed E-state index contributed by atoms with van der Waals surface area (Å²) in [4.78, 5) is 15.2. The number of ether oxygens (including phenoxy) is 2. The Balaban J connectivity index is 0.00000420. The molecule has 2 rings (SSSR count). The zero-order valence-corrected chi connectivity index (χ0v) is 19.2. The largest absolute Gasteiger partial charge is 0.381 e. The molecule has 3 N–H and O–H groups in total. The number of halogens is 1. The van der Waals surface area contributed by atoms with Gasteiger partial charge in [0.2, 0.25) is 0 Å². The summed E-state index contributed by atoms with van der Waals surface area (Å²) in [5.74, 6) is 1.27. The lowest BCUT2D eigenvalue weighted by atomic mass is 10.1. The number of hydrogen-bond donors (Lipinski definition) is 3. The number of anilines is 1. The molecule has 0 aromatic heterocycles. The normalized spacial score (nSPS) is 16.2. The molecule has 29 heavy (non-hydrogen) atoms. The molecule has 1 aromatic carbocycles. The van der Waals surface area contributed by atoms with E-state index in [1.54, 1.807) is 18.2 Å². The Morgan fingerprint density at radius 1 is 1.34 bits per heavy atom. The first-order chi connectivity index (χ1) is 13.7. The highest BCUT2D eigenvalue weighted by Gasteiger charge is 2.15. The molecule has 1 saturated heterocycles. The van der Waals surface area contributed by atoms with Gasteiger partial charge in [-0.2, -0.15) is 0 Å². The Kier molecular flexibility index (Phi) is 13.3. The molecule has 0 spiro atoms. The van der Waals surface area contributed by atoms with Crippen LogP contribution in [0.2, 0.25) is 0 Å². The number of hydrogen-bond acceptors (Lipinski definition) is 6. The maximum absolute atomic E-state index is 11.0. The number of para-hydroxylation sites is 2. The van der Waals surface area contributed by atoms with Crippen LogP contribution in [-0.2, 0) is 9.47 Å². The molecule has 1 aliphatic heterocycles. The SMILES string of the molecule is CCNC(=NCCCOCC1CCOC1)NCCNc1ccccc1[N+](=O)[O-].I. The molecule has 1 unspecified atom stereocenters. The van der Waals surface area contributed by atoms with Gasteiger partial charge in [-0.1, -0.05) is 12.1 Å². The number of benzene rings is 1. The molecule has 0 bridgehead atoms. The summed E-state index contributed by atoms with van der Waals surface area (Å²) < 4.78 is 11.0. The molecule has 1 atom stereocenters. The molecule has 1 aromatic rings. The first-order valence-electron chi connectivity index (χ1n) is 9.85. The smallest absolute Gasteiger partial charge is 0.292 e. The van der Waals surface area contributed by atoms with Gasteiger partial charge in [0.05, 0.1) is 18.1 Å². The molecule has 0 amide bonds. The van der Waals surface area contributed by atoms with Gasteiger partial charge in [-0.25, -0.2) is 0 Å². The van der Waals surface area contributed by atoms with E-state index in [9.17, 15) is 10.1 Å². The second-order valence-electron chi connectivity index (χ2n) is 6.55. The lowest BCUT2D eigenvalue weighted by molar-refractivity contribution is -0.384. The summed E-state index contributed by atoms with van der Waals surface area (Å²) >= 11 is 0. The van der Waals surface area contributed by atoms with Crippen LogP contribution in [0.15, 0.2) is 29.3 Å². The van der Waals surface area contributed by atoms with Crippen molar-refractivity contribution in [2.75, 3.05) is 57.9 Å². The van der Waals surface area contributed by atoms with Crippen LogP contribution in [0, 0.1) is 16.0 Å². The predicted molar refractivity (Wildman–Crippen MR) is 125 cm³/mol. The summed E-state index contributed by atoms with van der Waals surface area (Å²) in [6.07, 6.45) is 1.95. The van der Waals surface area contributed by atoms with Gasteiger partial charge in [-0.05, 0) is 25.8 Å². The lowest BCUT2D eigenvalue weighted by Gasteiger charge is -2.12. The van der Waals surface area contributed by atoms with Crippen molar-refractivity contribution in [2.24, 2.45) is 10.9 Å². The number of nitro groups is 1. The van der Waals surface area contributed by atoms with Crippen LogP contribution in [0.4, 0.5) is 11.4 Å². The number of nitrogens with one attached hydrogen (secondary N) is 3. The van der Waals surface area contributed by atoms with E-state index in [-0.39, 0.29) is 34.6 Å².